The maximum absolute atomic E-state index is 12.1. The molecule has 2 unspecified atom stereocenters. The number of aliphatic hydroxyl groups excluding tert-OH is 1. The summed E-state index contributed by atoms with van der Waals surface area (Å²) in [7, 11) is 0. The number of aliphatic hydroxyl groups is 1. The van der Waals surface area contributed by atoms with Crippen LogP contribution in [0, 0.1) is 13.8 Å². The van der Waals surface area contributed by atoms with Gasteiger partial charge in [-0.25, -0.2) is 0 Å². The van der Waals surface area contributed by atoms with E-state index in [1.54, 1.807) is 0 Å². The number of carbonyl (C=O) groups excluding carboxylic acids is 1. The van der Waals surface area contributed by atoms with Gasteiger partial charge in [0.15, 0.2) is 0 Å². The summed E-state index contributed by atoms with van der Waals surface area (Å²) < 4.78 is 0. The van der Waals surface area contributed by atoms with Crippen LogP contribution in [0.25, 0.3) is 0 Å². The van der Waals surface area contributed by atoms with Crippen molar-refractivity contribution < 1.29 is 9.90 Å². The predicted octanol–water partition coefficient (Wildman–Crippen LogP) is 1.38. The third kappa shape index (κ3) is 2.73. The number of piperazine rings is 1. The van der Waals surface area contributed by atoms with E-state index in [2.05, 4.69) is 36.2 Å². The molecule has 0 aliphatic carbocycles. The van der Waals surface area contributed by atoms with Crippen molar-refractivity contribution in [2.45, 2.75) is 39.3 Å². The molecule has 4 heteroatoms. The van der Waals surface area contributed by atoms with Crippen LogP contribution in [0.2, 0.25) is 0 Å². The molecule has 0 spiro atoms. The number of nitrogens with one attached hydrogen (secondary N) is 1. The fourth-order valence-corrected chi connectivity index (χ4v) is 2.67. The number of benzene rings is 1. The highest BCUT2D eigenvalue weighted by molar-refractivity contribution is 5.87. The first-order valence-corrected chi connectivity index (χ1v) is 6.78. The normalized spacial score (nSPS) is 23.4. The van der Waals surface area contributed by atoms with E-state index < -0.39 is 0 Å². The number of hydrogen-bond acceptors (Lipinski definition) is 3. The predicted molar refractivity (Wildman–Crippen MR) is 76.4 cm³/mol. The van der Waals surface area contributed by atoms with Gasteiger partial charge in [-0.05, 0) is 44.4 Å². The molecule has 0 bridgehead atoms. The van der Waals surface area contributed by atoms with Crippen LogP contribution < -0.4 is 10.2 Å². The molecular weight excluding hydrogens is 240 g/mol. The molecule has 2 atom stereocenters. The zero-order valence-corrected chi connectivity index (χ0v) is 11.8. The largest absolute Gasteiger partial charge is 0.396 e. The Bertz CT molecular complexity index is 473. The minimum absolute atomic E-state index is 0.00806. The number of carbonyl (C=O) groups is 1. The Morgan fingerprint density at radius 2 is 2.16 bits per heavy atom. The number of rotatable bonds is 3. The smallest absolute Gasteiger partial charge is 0.243 e. The van der Waals surface area contributed by atoms with Gasteiger partial charge in [0.1, 0.15) is 6.04 Å². The highest BCUT2D eigenvalue weighted by Crippen LogP contribution is 2.27. The number of amides is 1. The Hall–Kier alpha value is -1.55. The Labute approximate surface area is 114 Å². The molecule has 1 aromatic carbocycles. The molecule has 1 heterocycles. The molecule has 2 N–H and O–H groups in total. The summed E-state index contributed by atoms with van der Waals surface area (Å²) in [4.78, 5) is 14.2. The van der Waals surface area contributed by atoms with Gasteiger partial charge in [-0.1, -0.05) is 12.1 Å². The van der Waals surface area contributed by atoms with Crippen LogP contribution in [-0.4, -0.2) is 36.2 Å². The van der Waals surface area contributed by atoms with E-state index in [0.717, 1.165) is 12.2 Å². The van der Waals surface area contributed by atoms with Gasteiger partial charge in [0.2, 0.25) is 5.91 Å². The van der Waals surface area contributed by atoms with Crippen LogP contribution in [0.1, 0.15) is 24.5 Å². The summed E-state index contributed by atoms with van der Waals surface area (Å²) in [6, 6.07) is 6.00. The molecular formula is C15H22N2O2. The zero-order valence-electron chi connectivity index (χ0n) is 11.8. The van der Waals surface area contributed by atoms with Gasteiger partial charge in [-0.3, -0.25) is 4.79 Å². The monoisotopic (exact) mass is 262 g/mol. The first kappa shape index (κ1) is 13.9. The van der Waals surface area contributed by atoms with Gasteiger partial charge < -0.3 is 15.3 Å². The second kappa shape index (κ2) is 5.61. The van der Waals surface area contributed by atoms with E-state index in [4.69, 9.17) is 0 Å². The molecule has 1 aliphatic rings. The molecule has 4 nitrogen and oxygen atoms in total. The maximum atomic E-state index is 12.1. The Balaban J connectivity index is 2.37. The van der Waals surface area contributed by atoms with Crippen molar-refractivity contribution in [3.63, 3.8) is 0 Å². The number of aryl methyl sites for hydroxylation is 1. The molecule has 1 fully saturated rings. The molecule has 2 rings (SSSR count). The maximum Gasteiger partial charge on any atom is 0.243 e. The molecule has 19 heavy (non-hydrogen) atoms. The lowest BCUT2D eigenvalue weighted by Gasteiger charge is -2.40. The summed E-state index contributed by atoms with van der Waals surface area (Å²) in [5.41, 5.74) is 3.52. The molecule has 1 saturated heterocycles. The van der Waals surface area contributed by atoms with Gasteiger partial charge in [0.25, 0.3) is 0 Å². The van der Waals surface area contributed by atoms with Crippen LogP contribution in [0.5, 0.6) is 0 Å². The highest BCUT2D eigenvalue weighted by Gasteiger charge is 2.33. The van der Waals surface area contributed by atoms with Crippen molar-refractivity contribution in [3.05, 3.63) is 29.3 Å². The molecule has 0 radical (unpaired) electrons. The lowest BCUT2D eigenvalue weighted by atomic mass is 10.0. The van der Waals surface area contributed by atoms with Gasteiger partial charge >= 0.3 is 0 Å². The van der Waals surface area contributed by atoms with Crippen LogP contribution in [0.4, 0.5) is 5.69 Å². The van der Waals surface area contributed by atoms with Gasteiger partial charge in [0, 0.05) is 24.9 Å². The summed E-state index contributed by atoms with van der Waals surface area (Å²) >= 11 is 0. The van der Waals surface area contributed by atoms with E-state index in [9.17, 15) is 9.90 Å². The van der Waals surface area contributed by atoms with Crippen LogP contribution in [-0.2, 0) is 4.79 Å². The third-order valence-corrected chi connectivity index (χ3v) is 3.83. The average Bonchev–Trinajstić information content (AvgIpc) is 2.36. The quantitative estimate of drug-likeness (QED) is 0.865. The topological polar surface area (TPSA) is 52.6 Å². The summed E-state index contributed by atoms with van der Waals surface area (Å²) in [5.74, 6) is 0.00806. The third-order valence-electron chi connectivity index (χ3n) is 3.83. The minimum atomic E-state index is -0.276. The Morgan fingerprint density at radius 1 is 1.42 bits per heavy atom. The van der Waals surface area contributed by atoms with Crippen molar-refractivity contribution in [1.82, 2.24) is 5.32 Å². The SMILES string of the molecule is Cc1cccc(N2CC(C)NC(=O)C2CCO)c1C. The molecule has 104 valence electrons. The van der Waals surface area contributed by atoms with Crippen LogP contribution >= 0.6 is 0 Å². The van der Waals surface area contributed by atoms with Crippen LogP contribution in [0.15, 0.2) is 18.2 Å². The number of hydrogen-bond donors (Lipinski definition) is 2. The Morgan fingerprint density at radius 3 is 2.84 bits per heavy atom. The fourth-order valence-electron chi connectivity index (χ4n) is 2.67. The van der Waals surface area contributed by atoms with Gasteiger partial charge in [-0.2, -0.15) is 0 Å². The van der Waals surface area contributed by atoms with Gasteiger partial charge in [-0.15, -0.1) is 0 Å². The molecule has 1 aliphatic heterocycles. The Kier molecular flexibility index (Phi) is 4.10. The van der Waals surface area contributed by atoms with Crippen molar-refractivity contribution >= 4 is 11.6 Å². The number of nitrogens with zero attached hydrogens (tertiary/aromatic N) is 1. The molecule has 0 saturated carbocycles. The highest BCUT2D eigenvalue weighted by atomic mass is 16.3. The van der Waals surface area contributed by atoms with Crippen molar-refractivity contribution in [3.8, 4) is 0 Å². The zero-order chi connectivity index (χ0) is 14.0. The summed E-state index contributed by atoms with van der Waals surface area (Å²) in [6.07, 6.45) is 0.464. The van der Waals surface area contributed by atoms with E-state index in [0.29, 0.717) is 6.42 Å². The second-order valence-electron chi connectivity index (χ2n) is 5.31. The lowest BCUT2D eigenvalue weighted by molar-refractivity contribution is -0.124. The van der Waals surface area contributed by atoms with E-state index in [1.807, 2.05) is 13.0 Å². The van der Waals surface area contributed by atoms with Crippen LogP contribution in [0.3, 0.4) is 0 Å². The summed E-state index contributed by atoms with van der Waals surface area (Å²) in [6.45, 7) is 6.96. The van der Waals surface area contributed by atoms with E-state index >= 15 is 0 Å². The lowest BCUT2D eigenvalue weighted by Crippen LogP contribution is -2.59. The molecule has 1 amide bonds. The fraction of sp³-hybridized carbons (Fsp3) is 0.533. The molecule has 0 aromatic heterocycles. The van der Waals surface area contributed by atoms with E-state index in [-0.39, 0.29) is 24.6 Å². The minimum Gasteiger partial charge on any atom is -0.396 e. The standard InChI is InChI=1S/C15H22N2O2/c1-10-5-4-6-13(12(10)3)17-9-11(2)16-15(19)14(17)7-8-18/h4-6,11,14,18H,7-9H2,1-3H3,(H,16,19). The first-order valence-electron chi connectivity index (χ1n) is 6.78. The van der Waals surface area contributed by atoms with Crippen molar-refractivity contribution in [2.75, 3.05) is 18.1 Å². The first-order chi connectivity index (χ1) is 9.04. The van der Waals surface area contributed by atoms with Gasteiger partial charge in [0.05, 0.1) is 0 Å². The number of anilines is 1. The second-order valence-corrected chi connectivity index (χ2v) is 5.31. The summed E-state index contributed by atoms with van der Waals surface area (Å²) in [5, 5.41) is 12.1. The molecule has 1 aromatic rings. The van der Waals surface area contributed by atoms with Crippen molar-refractivity contribution in [2.24, 2.45) is 0 Å². The van der Waals surface area contributed by atoms with E-state index in [1.165, 1.54) is 11.1 Å². The van der Waals surface area contributed by atoms with Crippen molar-refractivity contribution in [1.29, 1.82) is 0 Å². The average molecular weight is 262 g/mol.